The van der Waals surface area contributed by atoms with Crippen LogP contribution in [0.1, 0.15) is 33.4 Å². The lowest BCUT2D eigenvalue weighted by atomic mass is 10.1. The van der Waals surface area contributed by atoms with Crippen molar-refractivity contribution in [2.75, 3.05) is 0 Å². The molecule has 3 rings (SSSR count). The average Bonchev–Trinajstić information content (AvgIpc) is 3.15. The first-order valence-electron chi connectivity index (χ1n) is 6.75. The van der Waals surface area contributed by atoms with Gasteiger partial charge in [-0.25, -0.2) is 14.2 Å². The topological polar surface area (TPSA) is 79.3 Å². The Labute approximate surface area is 129 Å². The molecule has 0 unspecified atom stereocenters. The van der Waals surface area contributed by atoms with Gasteiger partial charge in [0.15, 0.2) is 5.69 Å². The van der Waals surface area contributed by atoms with E-state index in [2.05, 4.69) is 10.3 Å². The fourth-order valence-corrected chi connectivity index (χ4v) is 3.08. The summed E-state index contributed by atoms with van der Waals surface area (Å²) in [6.45, 7) is 0.211. The summed E-state index contributed by atoms with van der Waals surface area (Å²) >= 11 is 1.19. The molecule has 7 heteroatoms. The number of nitrogens with zero attached hydrogens (tertiary/aromatic N) is 1. The van der Waals surface area contributed by atoms with Crippen molar-refractivity contribution in [2.24, 2.45) is 5.92 Å². The normalized spacial score (nSPS) is 19.7. The Kier molecular flexibility index (Phi) is 3.89. The van der Waals surface area contributed by atoms with E-state index in [1.807, 2.05) is 6.07 Å². The molecule has 1 amide bonds. The van der Waals surface area contributed by atoms with E-state index < -0.39 is 5.97 Å². The third kappa shape index (κ3) is 3.14. The van der Waals surface area contributed by atoms with Gasteiger partial charge in [0.2, 0.25) is 5.91 Å². The largest absolute Gasteiger partial charge is 0.476 e. The number of benzene rings is 1. The molecule has 0 radical (unpaired) electrons. The molecule has 0 aliphatic heterocycles. The smallest absolute Gasteiger partial charge is 0.355 e. The van der Waals surface area contributed by atoms with Crippen LogP contribution in [0.25, 0.3) is 0 Å². The van der Waals surface area contributed by atoms with Crippen LogP contribution in [0.3, 0.4) is 0 Å². The summed E-state index contributed by atoms with van der Waals surface area (Å²) in [5.41, 5.74) is 0.820. The van der Waals surface area contributed by atoms with Crippen LogP contribution in [0.2, 0.25) is 0 Å². The van der Waals surface area contributed by atoms with E-state index in [0.717, 1.165) is 5.56 Å². The number of carboxylic acids is 1. The van der Waals surface area contributed by atoms with Crippen LogP contribution in [-0.4, -0.2) is 22.0 Å². The number of nitrogens with one attached hydrogen (secondary N) is 1. The first kappa shape index (κ1) is 14.6. The van der Waals surface area contributed by atoms with Gasteiger partial charge in [0, 0.05) is 11.3 Å². The lowest BCUT2D eigenvalue weighted by Gasteiger charge is -2.03. The zero-order chi connectivity index (χ0) is 15.7. The first-order valence-corrected chi connectivity index (χ1v) is 7.63. The van der Waals surface area contributed by atoms with Crippen LogP contribution in [0.5, 0.6) is 0 Å². The lowest BCUT2D eigenvalue weighted by molar-refractivity contribution is -0.122. The highest BCUT2D eigenvalue weighted by molar-refractivity contribution is 7.09. The molecule has 2 N–H and O–H groups in total. The van der Waals surface area contributed by atoms with Crippen LogP contribution >= 0.6 is 11.3 Å². The summed E-state index contributed by atoms with van der Waals surface area (Å²) in [4.78, 5) is 26.7. The summed E-state index contributed by atoms with van der Waals surface area (Å²) in [5.74, 6) is -1.58. The molecule has 1 fully saturated rings. The molecular formula is C15H13FN2O3S. The van der Waals surface area contributed by atoms with E-state index in [4.69, 9.17) is 5.11 Å². The van der Waals surface area contributed by atoms with Crippen molar-refractivity contribution in [3.8, 4) is 0 Å². The molecule has 0 spiro atoms. The van der Waals surface area contributed by atoms with Crippen LogP contribution < -0.4 is 5.32 Å². The Hall–Kier alpha value is -2.28. The molecule has 1 saturated carbocycles. The monoisotopic (exact) mass is 320 g/mol. The van der Waals surface area contributed by atoms with Gasteiger partial charge in [0.05, 0.1) is 6.54 Å². The Morgan fingerprint density at radius 2 is 2.27 bits per heavy atom. The molecule has 1 aromatic heterocycles. The number of carboxylic acid groups (broad SMARTS) is 1. The van der Waals surface area contributed by atoms with E-state index in [9.17, 15) is 14.0 Å². The number of halogens is 1. The molecule has 5 nitrogen and oxygen atoms in total. The molecule has 1 heterocycles. The van der Waals surface area contributed by atoms with Gasteiger partial charge in [-0.1, -0.05) is 12.1 Å². The Bertz CT molecular complexity index is 731. The van der Waals surface area contributed by atoms with Crippen molar-refractivity contribution in [3.63, 3.8) is 0 Å². The molecule has 1 aliphatic carbocycles. The molecule has 0 saturated heterocycles. The van der Waals surface area contributed by atoms with Gasteiger partial charge < -0.3 is 10.4 Å². The number of rotatable bonds is 5. The molecule has 0 bridgehead atoms. The van der Waals surface area contributed by atoms with E-state index in [-0.39, 0.29) is 35.8 Å². The van der Waals surface area contributed by atoms with Gasteiger partial charge in [0.1, 0.15) is 10.8 Å². The maximum Gasteiger partial charge on any atom is 0.355 e. The van der Waals surface area contributed by atoms with Gasteiger partial charge in [-0.15, -0.1) is 11.3 Å². The minimum atomic E-state index is -1.08. The van der Waals surface area contributed by atoms with Crippen LogP contribution in [-0.2, 0) is 11.3 Å². The number of hydrogen-bond donors (Lipinski definition) is 2. The first-order chi connectivity index (χ1) is 10.5. The highest BCUT2D eigenvalue weighted by Crippen LogP contribution is 2.47. The van der Waals surface area contributed by atoms with Crippen molar-refractivity contribution in [2.45, 2.75) is 18.9 Å². The number of amides is 1. The maximum absolute atomic E-state index is 13.2. The summed E-state index contributed by atoms with van der Waals surface area (Å²) in [5, 5.41) is 13.5. The lowest BCUT2D eigenvalue weighted by Crippen LogP contribution is -2.24. The molecule has 1 aromatic carbocycles. The second kappa shape index (κ2) is 5.84. The van der Waals surface area contributed by atoms with Crippen molar-refractivity contribution >= 4 is 23.2 Å². The summed E-state index contributed by atoms with van der Waals surface area (Å²) in [6, 6.07) is 6.29. The third-order valence-electron chi connectivity index (χ3n) is 3.59. The number of carbonyl (C=O) groups is 2. The second-order valence-electron chi connectivity index (χ2n) is 5.15. The highest BCUT2D eigenvalue weighted by Gasteiger charge is 2.43. The van der Waals surface area contributed by atoms with Crippen molar-refractivity contribution in [3.05, 3.63) is 51.7 Å². The minimum absolute atomic E-state index is 0.0155. The van der Waals surface area contributed by atoms with E-state index in [1.165, 1.54) is 28.8 Å². The summed E-state index contributed by atoms with van der Waals surface area (Å²) in [6.07, 6.45) is 0.702. The summed E-state index contributed by atoms with van der Waals surface area (Å²) in [7, 11) is 0. The zero-order valence-corrected chi connectivity index (χ0v) is 12.3. The zero-order valence-electron chi connectivity index (χ0n) is 11.5. The molecule has 1 aliphatic rings. The van der Waals surface area contributed by atoms with Gasteiger partial charge >= 0.3 is 5.97 Å². The van der Waals surface area contributed by atoms with Gasteiger partial charge in [-0.05, 0) is 30.0 Å². The summed E-state index contributed by atoms with van der Waals surface area (Å²) < 4.78 is 13.2. The quantitative estimate of drug-likeness (QED) is 0.886. The Balaban J connectivity index is 1.54. The number of carbonyl (C=O) groups excluding carboxylic acids is 1. The molecule has 22 heavy (non-hydrogen) atoms. The maximum atomic E-state index is 13.2. The van der Waals surface area contributed by atoms with Crippen LogP contribution in [0.4, 0.5) is 4.39 Å². The van der Waals surface area contributed by atoms with Gasteiger partial charge in [0.25, 0.3) is 0 Å². The van der Waals surface area contributed by atoms with Crippen LogP contribution in [0.15, 0.2) is 29.6 Å². The fraction of sp³-hybridized carbons (Fsp3) is 0.267. The number of aromatic nitrogens is 1. The SMILES string of the molecule is O=C(O)c1csc(CNC(=O)[C@@H]2C[C@@H]2c2cccc(F)c2)n1. The number of thiazole rings is 1. The molecule has 2 atom stereocenters. The fourth-order valence-electron chi connectivity index (χ4n) is 2.37. The van der Waals surface area contributed by atoms with Crippen molar-refractivity contribution < 1.29 is 19.1 Å². The molecule has 114 valence electrons. The second-order valence-corrected chi connectivity index (χ2v) is 6.10. The Morgan fingerprint density at radius 3 is 2.95 bits per heavy atom. The third-order valence-corrected chi connectivity index (χ3v) is 4.44. The van der Waals surface area contributed by atoms with Gasteiger partial charge in [-0.3, -0.25) is 4.79 Å². The highest BCUT2D eigenvalue weighted by atomic mass is 32.1. The number of hydrogen-bond acceptors (Lipinski definition) is 4. The van der Waals surface area contributed by atoms with E-state index in [0.29, 0.717) is 11.4 Å². The van der Waals surface area contributed by atoms with E-state index >= 15 is 0 Å². The minimum Gasteiger partial charge on any atom is -0.476 e. The van der Waals surface area contributed by atoms with Gasteiger partial charge in [-0.2, -0.15) is 0 Å². The van der Waals surface area contributed by atoms with Crippen molar-refractivity contribution in [1.29, 1.82) is 0 Å². The standard InChI is InChI=1S/C15H13FN2O3S/c16-9-3-1-2-8(4-9)10-5-11(10)14(19)17-6-13-18-12(7-22-13)15(20)21/h1-4,7,10-11H,5-6H2,(H,17,19)(H,20,21)/t10-,11-/m1/s1. The molecular weight excluding hydrogens is 307 g/mol. The molecule has 2 aromatic rings. The van der Waals surface area contributed by atoms with E-state index in [1.54, 1.807) is 6.07 Å². The predicted octanol–water partition coefficient (Wildman–Crippen LogP) is 2.40. The Morgan fingerprint density at radius 1 is 1.45 bits per heavy atom. The average molecular weight is 320 g/mol. The predicted molar refractivity (Wildman–Crippen MR) is 78.2 cm³/mol. The van der Waals surface area contributed by atoms with Crippen LogP contribution in [0, 0.1) is 11.7 Å². The van der Waals surface area contributed by atoms with Crippen molar-refractivity contribution in [1.82, 2.24) is 10.3 Å². The number of aromatic carboxylic acids is 1.